The molecule has 2 rings (SSSR count). The number of piperazine rings is 1. The molecule has 6 heteroatoms. The van der Waals surface area contributed by atoms with Gasteiger partial charge >= 0.3 is 0 Å². The van der Waals surface area contributed by atoms with Crippen LogP contribution in [0.1, 0.15) is 18.6 Å². The molecule has 0 unspecified atom stereocenters. The Hall–Kier alpha value is -1.08. The van der Waals surface area contributed by atoms with E-state index < -0.39 is 17.7 Å². The third-order valence-corrected chi connectivity index (χ3v) is 3.74. The topological polar surface area (TPSA) is 46.9 Å². The van der Waals surface area contributed by atoms with Crippen LogP contribution < -0.4 is 0 Å². The van der Waals surface area contributed by atoms with Gasteiger partial charge in [0.05, 0.1) is 12.2 Å². The van der Waals surface area contributed by atoms with Gasteiger partial charge in [0.2, 0.25) is 0 Å². The maximum Gasteiger partial charge on any atom is 0.131 e. The summed E-state index contributed by atoms with van der Waals surface area (Å²) in [5, 5.41) is 19.4. The van der Waals surface area contributed by atoms with Gasteiger partial charge in [-0.15, -0.1) is 0 Å². The van der Waals surface area contributed by atoms with Gasteiger partial charge in [0.1, 0.15) is 11.6 Å². The zero-order chi connectivity index (χ0) is 15.4. The van der Waals surface area contributed by atoms with E-state index in [1.807, 2.05) is 4.90 Å². The highest BCUT2D eigenvalue weighted by molar-refractivity contribution is 5.21. The van der Waals surface area contributed by atoms with Crippen LogP contribution in [0.4, 0.5) is 8.78 Å². The first-order chi connectivity index (χ1) is 9.95. The molecule has 21 heavy (non-hydrogen) atoms. The van der Waals surface area contributed by atoms with Crippen LogP contribution >= 0.6 is 0 Å². The third kappa shape index (κ3) is 4.71. The number of rotatable bonds is 5. The fourth-order valence-electron chi connectivity index (χ4n) is 2.64. The van der Waals surface area contributed by atoms with Crippen LogP contribution in [0.15, 0.2) is 18.2 Å². The quantitative estimate of drug-likeness (QED) is 0.851. The lowest BCUT2D eigenvalue weighted by Crippen LogP contribution is -2.49. The van der Waals surface area contributed by atoms with Gasteiger partial charge in [-0.1, -0.05) is 6.07 Å². The van der Waals surface area contributed by atoms with Gasteiger partial charge in [0.25, 0.3) is 0 Å². The molecule has 1 fully saturated rings. The first-order valence-corrected chi connectivity index (χ1v) is 7.21. The summed E-state index contributed by atoms with van der Waals surface area (Å²) in [4.78, 5) is 4.21. The Labute approximate surface area is 123 Å². The molecule has 4 nitrogen and oxygen atoms in total. The number of aliphatic hydroxyl groups excluding tert-OH is 2. The minimum Gasteiger partial charge on any atom is -0.392 e. The maximum atomic E-state index is 13.6. The predicted octanol–water partition coefficient (Wildman–Crippen LogP) is 0.997. The standard InChI is InChI=1S/C15H22F2N2O2/c1-11(20)9-18-4-6-19(7-5-18)10-15(21)13-3-2-12(16)8-14(13)17/h2-3,8,11,15,20-21H,4-7,9-10H2,1H3/t11-,15+/m0/s1. The van der Waals surface area contributed by atoms with Gasteiger partial charge in [-0.05, 0) is 13.0 Å². The van der Waals surface area contributed by atoms with E-state index in [0.29, 0.717) is 13.1 Å². The Morgan fingerprint density at radius 3 is 2.14 bits per heavy atom. The Morgan fingerprint density at radius 2 is 1.62 bits per heavy atom. The van der Waals surface area contributed by atoms with Crippen molar-refractivity contribution in [3.8, 4) is 0 Å². The third-order valence-electron chi connectivity index (χ3n) is 3.74. The summed E-state index contributed by atoms with van der Waals surface area (Å²) in [5.74, 6) is -1.36. The van der Waals surface area contributed by atoms with Gasteiger partial charge in [0, 0.05) is 50.9 Å². The molecule has 1 aliphatic heterocycles. The second kappa shape index (κ2) is 7.26. The Bertz CT molecular complexity index is 463. The Kier molecular flexibility index (Phi) is 5.64. The average molecular weight is 300 g/mol. The lowest BCUT2D eigenvalue weighted by molar-refractivity contribution is 0.0516. The van der Waals surface area contributed by atoms with Crippen molar-refractivity contribution < 1.29 is 19.0 Å². The van der Waals surface area contributed by atoms with Crippen molar-refractivity contribution in [2.45, 2.75) is 19.1 Å². The smallest absolute Gasteiger partial charge is 0.131 e. The van der Waals surface area contributed by atoms with E-state index in [2.05, 4.69) is 4.90 Å². The molecular weight excluding hydrogens is 278 g/mol. The van der Waals surface area contributed by atoms with Crippen LogP contribution in [0.25, 0.3) is 0 Å². The van der Waals surface area contributed by atoms with Crippen LogP contribution in [0.2, 0.25) is 0 Å². The van der Waals surface area contributed by atoms with Crippen molar-refractivity contribution >= 4 is 0 Å². The molecule has 0 aromatic heterocycles. The number of benzene rings is 1. The highest BCUT2D eigenvalue weighted by Crippen LogP contribution is 2.19. The van der Waals surface area contributed by atoms with Crippen molar-refractivity contribution in [2.24, 2.45) is 0 Å². The molecule has 1 saturated heterocycles. The zero-order valence-electron chi connectivity index (χ0n) is 12.2. The van der Waals surface area contributed by atoms with Gasteiger partial charge < -0.3 is 10.2 Å². The molecule has 0 spiro atoms. The summed E-state index contributed by atoms with van der Waals surface area (Å²) in [5.41, 5.74) is 0.128. The van der Waals surface area contributed by atoms with Crippen LogP contribution in [0, 0.1) is 11.6 Å². The molecule has 0 amide bonds. The molecule has 0 radical (unpaired) electrons. The molecule has 0 saturated carbocycles. The minimum absolute atomic E-state index is 0.128. The Balaban J connectivity index is 1.85. The SMILES string of the molecule is C[C@H](O)CN1CCN(C[C@@H](O)c2ccc(F)cc2F)CC1. The number of hydrogen-bond donors (Lipinski definition) is 2. The highest BCUT2D eigenvalue weighted by Gasteiger charge is 2.22. The van der Waals surface area contributed by atoms with E-state index in [4.69, 9.17) is 0 Å². The van der Waals surface area contributed by atoms with E-state index in [1.165, 1.54) is 6.07 Å². The second-order valence-corrected chi connectivity index (χ2v) is 5.63. The molecule has 2 atom stereocenters. The fraction of sp³-hybridized carbons (Fsp3) is 0.600. The first-order valence-electron chi connectivity index (χ1n) is 7.21. The second-order valence-electron chi connectivity index (χ2n) is 5.63. The van der Waals surface area contributed by atoms with Gasteiger partial charge in [-0.25, -0.2) is 8.78 Å². The van der Waals surface area contributed by atoms with E-state index in [1.54, 1.807) is 6.92 Å². The molecule has 1 aromatic rings. The number of aliphatic hydroxyl groups is 2. The zero-order valence-corrected chi connectivity index (χ0v) is 12.2. The molecule has 1 aliphatic rings. The summed E-state index contributed by atoms with van der Waals surface area (Å²) < 4.78 is 26.5. The van der Waals surface area contributed by atoms with Crippen LogP contribution in [0.5, 0.6) is 0 Å². The largest absolute Gasteiger partial charge is 0.392 e. The van der Waals surface area contributed by atoms with Crippen LogP contribution in [-0.4, -0.2) is 65.4 Å². The highest BCUT2D eigenvalue weighted by atomic mass is 19.1. The number of β-amino-alcohol motifs (C(OH)–C–C–N with tert-alkyl or cyclic N) is 2. The van der Waals surface area contributed by atoms with Crippen LogP contribution in [-0.2, 0) is 0 Å². The number of hydrogen-bond acceptors (Lipinski definition) is 4. The lowest BCUT2D eigenvalue weighted by Gasteiger charge is -2.36. The van der Waals surface area contributed by atoms with E-state index in [9.17, 15) is 19.0 Å². The summed E-state index contributed by atoms with van der Waals surface area (Å²) in [7, 11) is 0. The van der Waals surface area contributed by atoms with Crippen molar-refractivity contribution in [3.63, 3.8) is 0 Å². The maximum absolute atomic E-state index is 13.6. The molecule has 0 bridgehead atoms. The summed E-state index contributed by atoms with van der Waals surface area (Å²) >= 11 is 0. The normalized spacial score (nSPS) is 20.4. The van der Waals surface area contributed by atoms with Crippen molar-refractivity contribution in [1.29, 1.82) is 0 Å². The number of halogens is 2. The molecular formula is C15H22F2N2O2. The summed E-state index contributed by atoms with van der Waals surface area (Å²) in [6, 6.07) is 3.24. The van der Waals surface area contributed by atoms with Gasteiger partial charge in [-0.2, -0.15) is 0 Å². The van der Waals surface area contributed by atoms with Crippen molar-refractivity contribution in [1.82, 2.24) is 9.80 Å². The van der Waals surface area contributed by atoms with Gasteiger partial charge in [0.15, 0.2) is 0 Å². The molecule has 1 heterocycles. The molecule has 1 aromatic carbocycles. The minimum atomic E-state index is -0.964. The van der Waals surface area contributed by atoms with E-state index in [-0.39, 0.29) is 11.7 Å². The average Bonchev–Trinajstić information content (AvgIpc) is 2.40. The van der Waals surface area contributed by atoms with E-state index in [0.717, 1.165) is 38.3 Å². The van der Waals surface area contributed by atoms with Gasteiger partial charge in [-0.3, -0.25) is 9.80 Å². The summed E-state index contributed by atoms with van der Waals surface area (Å²) in [6.45, 7) is 5.85. The first kappa shape index (κ1) is 16.3. The predicted molar refractivity (Wildman–Crippen MR) is 75.9 cm³/mol. The lowest BCUT2D eigenvalue weighted by atomic mass is 10.1. The fourth-order valence-corrected chi connectivity index (χ4v) is 2.64. The van der Waals surface area contributed by atoms with Crippen LogP contribution in [0.3, 0.4) is 0 Å². The van der Waals surface area contributed by atoms with Crippen molar-refractivity contribution in [3.05, 3.63) is 35.4 Å². The van der Waals surface area contributed by atoms with E-state index >= 15 is 0 Å². The monoisotopic (exact) mass is 300 g/mol. The molecule has 118 valence electrons. The number of nitrogens with zero attached hydrogens (tertiary/aromatic N) is 2. The molecule has 0 aliphatic carbocycles. The Morgan fingerprint density at radius 1 is 1.05 bits per heavy atom. The summed E-state index contributed by atoms with van der Waals surface area (Å²) in [6.07, 6.45) is -1.32. The van der Waals surface area contributed by atoms with Crippen molar-refractivity contribution in [2.75, 3.05) is 39.3 Å². The molecule has 2 N–H and O–H groups in total.